The summed E-state index contributed by atoms with van der Waals surface area (Å²) in [6, 6.07) is 13.7. The third-order valence-corrected chi connectivity index (χ3v) is 13.4. The summed E-state index contributed by atoms with van der Waals surface area (Å²) in [6.07, 6.45) is 0.834. The van der Waals surface area contributed by atoms with Gasteiger partial charge in [-0.3, -0.25) is 9.59 Å². The molecule has 4 rings (SSSR count). The molecular weight excluding hydrogens is 496 g/mol. The summed E-state index contributed by atoms with van der Waals surface area (Å²) in [5.41, 5.74) is 4.62. The summed E-state index contributed by atoms with van der Waals surface area (Å²) in [5, 5.41) is 5.17. The molecule has 0 saturated heterocycles. The van der Waals surface area contributed by atoms with Gasteiger partial charge < -0.3 is 9.74 Å². The third-order valence-electron chi connectivity index (χ3n) is 7.59. The van der Waals surface area contributed by atoms with E-state index < -0.39 is 8.32 Å². The Balaban J connectivity index is 1.63. The van der Waals surface area contributed by atoms with Gasteiger partial charge in [-0.25, -0.2) is 4.98 Å². The topological polar surface area (TPSA) is 68.3 Å². The molecule has 37 heavy (non-hydrogen) atoms. The van der Waals surface area contributed by atoms with E-state index in [1.54, 1.807) is 6.92 Å². The second kappa shape index (κ2) is 10.1. The molecule has 5 nitrogen and oxygen atoms in total. The number of rotatable bonds is 7. The van der Waals surface area contributed by atoms with Gasteiger partial charge in [0.25, 0.3) is 5.91 Å². The summed E-state index contributed by atoms with van der Waals surface area (Å²) in [5.74, 6) is 0.296. The molecule has 0 aliphatic carbocycles. The lowest BCUT2D eigenvalue weighted by Gasteiger charge is -2.36. The number of nitrogens with one attached hydrogen (secondary N) is 1. The number of nitrogens with zero attached hydrogens (tertiary/aromatic N) is 1. The monoisotopic (exact) mass is 532 g/mol. The van der Waals surface area contributed by atoms with E-state index in [0.717, 1.165) is 44.1 Å². The fourth-order valence-electron chi connectivity index (χ4n) is 4.28. The first-order chi connectivity index (χ1) is 17.3. The zero-order chi connectivity index (χ0) is 27.1. The number of thiophene rings is 1. The molecule has 1 N–H and O–H groups in total. The van der Waals surface area contributed by atoms with Gasteiger partial charge in [-0.05, 0) is 79.4 Å². The van der Waals surface area contributed by atoms with E-state index in [2.05, 4.69) is 52.2 Å². The molecule has 2 aromatic heterocycles. The Morgan fingerprint density at radius 3 is 2.43 bits per heavy atom. The highest BCUT2D eigenvalue weighted by Crippen LogP contribution is 2.38. The normalized spacial score (nSPS) is 12.3. The number of pyridine rings is 1. The van der Waals surface area contributed by atoms with E-state index >= 15 is 0 Å². The quantitative estimate of drug-likeness (QED) is 0.192. The summed E-state index contributed by atoms with van der Waals surface area (Å²) in [4.78, 5) is 30.9. The van der Waals surface area contributed by atoms with Crippen LogP contribution >= 0.6 is 11.3 Å². The highest BCUT2D eigenvalue weighted by Gasteiger charge is 2.37. The number of benzene rings is 2. The van der Waals surface area contributed by atoms with Gasteiger partial charge in [0, 0.05) is 21.0 Å². The molecule has 0 aliphatic rings. The lowest BCUT2D eigenvalue weighted by atomic mass is 9.99. The highest BCUT2D eigenvalue weighted by molar-refractivity contribution is 7.21. The minimum Gasteiger partial charge on any atom is -0.413 e. The van der Waals surface area contributed by atoms with Crippen LogP contribution in [-0.2, 0) is 17.5 Å². The van der Waals surface area contributed by atoms with Crippen LogP contribution in [0.4, 0.5) is 5.82 Å². The molecule has 0 atom stereocenters. The molecule has 2 heterocycles. The van der Waals surface area contributed by atoms with Crippen LogP contribution in [0, 0.1) is 6.92 Å². The smallest absolute Gasteiger partial charge is 0.267 e. The van der Waals surface area contributed by atoms with Crippen LogP contribution in [0.15, 0.2) is 42.5 Å². The van der Waals surface area contributed by atoms with E-state index in [1.165, 1.54) is 11.3 Å². The summed E-state index contributed by atoms with van der Waals surface area (Å²) in [6.45, 7) is 17.4. The van der Waals surface area contributed by atoms with Crippen molar-refractivity contribution in [2.24, 2.45) is 0 Å². The van der Waals surface area contributed by atoms with Crippen LogP contribution in [0.25, 0.3) is 21.0 Å². The Kier molecular flexibility index (Phi) is 7.43. The number of hydrogen-bond donors (Lipinski definition) is 1. The molecule has 194 valence electrons. The zero-order valence-electron chi connectivity index (χ0n) is 23.0. The van der Waals surface area contributed by atoms with Crippen molar-refractivity contribution < 1.29 is 14.0 Å². The number of Topliss-reactive ketones (excluding diaryl/α,β-unsaturated/α-hetero) is 1. The van der Waals surface area contributed by atoms with Gasteiger partial charge in [0.05, 0.1) is 17.0 Å². The molecule has 2 aromatic carbocycles. The second-order valence-corrected chi connectivity index (χ2v) is 17.0. The average Bonchev–Trinajstić information content (AvgIpc) is 3.18. The minimum atomic E-state index is -1.88. The van der Waals surface area contributed by atoms with Crippen molar-refractivity contribution in [3.63, 3.8) is 0 Å². The van der Waals surface area contributed by atoms with Crippen molar-refractivity contribution in [3.8, 4) is 0 Å². The molecule has 0 unspecified atom stereocenters. The molecule has 0 fully saturated rings. The average molecular weight is 533 g/mol. The largest absolute Gasteiger partial charge is 0.413 e. The van der Waals surface area contributed by atoms with Gasteiger partial charge in [0.2, 0.25) is 0 Å². The Morgan fingerprint density at radius 1 is 1.05 bits per heavy atom. The van der Waals surface area contributed by atoms with Crippen molar-refractivity contribution in [3.05, 3.63) is 69.6 Å². The fraction of sp³-hybridized carbons (Fsp3) is 0.367. The van der Waals surface area contributed by atoms with Crippen molar-refractivity contribution in [2.45, 2.75) is 72.7 Å². The fourth-order valence-corrected chi connectivity index (χ4v) is 6.54. The Morgan fingerprint density at radius 2 is 1.78 bits per heavy atom. The van der Waals surface area contributed by atoms with E-state index in [0.29, 0.717) is 22.9 Å². The first-order valence-corrected chi connectivity index (χ1v) is 16.5. The van der Waals surface area contributed by atoms with Crippen molar-refractivity contribution in [2.75, 3.05) is 5.32 Å². The number of fused-ring (bicyclic) bond motifs is 2. The van der Waals surface area contributed by atoms with E-state index in [1.807, 2.05) is 43.3 Å². The molecule has 0 bridgehead atoms. The number of carbonyl (C=O) groups excluding carboxylic acids is 2. The van der Waals surface area contributed by atoms with Gasteiger partial charge >= 0.3 is 0 Å². The number of aryl methyl sites for hydroxylation is 2. The minimum absolute atomic E-state index is 0.00500. The van der Waals surface area contributed by atoms with Gasteiger partial charge in [-0.15, -0.1) is 11.3 Å². The molecule has 0 saturated carbocycles. The summed E-state index contributed by atoms with van der Waals surface area (Å²) in [7, 11) is -1.88. The van der Waals surface area contributed by atoms with Crippen LogP contribution in [-0.4, -0.2) is 25.0 Å². The molecule has 0 radical (unpaired) electrons. The number of aromatic nitrogens is 1. The second-order valence-electron chi connectivity index (χ2n) is 11.1. The number of hydrogen-bond acceptors (Lipinski definition) is 5. The van der Waals surface area contributed by atoms with Gasteiger partial charge in [0.15, 0.2) is 14.1 Å². The SMILES string of the molecule is CCc1ccc(C(C)=O)c2sc(C(=O)Nc3ccc4c(CO[Si](C)(C)C(C)(C)C)cccc4n3)c(C)c12. The predicted molar refractivity (Wildman–Crippen MR) is 158 cm³/mol. The van der Waals surface area contributed by atoms with E-state index in [9.17, 15) is 9.59 Å². The van der Waals surface area contributed by atoms with E-state index in [-0.39, 0.29) is 16.7 Å². The third kappa shape index (κ3) is 5.26. The standard InChI is InChI=1S/C30H36N2O3SSi/c1-9-20-13-14-22(19(3)33)28-26(20)18(2)27(36-28)29(34)32-25-16-15-23-21(11-10-12-24(23)31-25)17-35-37(7,8)30(4,5)6/h10-16H,9,17H2,1-8H3,(H,31,32,34). The number of ketones is 1. The number of anilines is 1. The Hall–Kier alpha value is -2.87. The number of carbonyl (C=O) groups is 2. The van der Waals surface area contributed by atoms with Crippen molar-refractivity contribution in [1.82, 2.24) is 4.98 Å². The van der Waals surface area contributed by atoms with Crippen LogP contribution in [0.5, 0.6) is 0 Å². The molecule has 0 spiro atoms. The Bertz CT molecular complexity index is 1520. The van der Waals surface area contributed by atoms with Crippen LogP contribution < -0.4 is 5.32 Å². The highest BCUT2D eigenvalue weighted by atomic mass is 32.1. The van der Waals surface area contributed by atoms with Gasteiger partial charge in [-0.1, -0.05) is 45.9 Å². The number of amides is 1. The predicted octanol–water partition coefficient (Wildman–Crippen LogP) is 8.30. The van der Waals surface area contributed by atoms with E-state index in [4.69, 9.17) is 9.41 Å². The first kappa shape index (κ1) is 27.2. The summed E-state index contributed by atoms with van der Waals surface area (Å²) < 4.78 is 7.33. The van der Waals surface area contributed by atoms with Crippen LogP contribution in [0.2, 0.25) is 18.1 Å². The molecule has 0 aliphatic heterocycles. The van der Waals surface area contributed by atoms with Crippen LogP contribution in [0.1, 0.15) is 71.3 Å². The van der Waals surface area contributed by atoms with Gasteiger partial charge in [-0.2, -0.15) is 0 Å². The maximum atomic E-state index is 13.4. The maximum Gasteiger partial charge on any atom is 0.267 e. The molecule has 1 amide bonds. The lowest BCUT2D eigenvalue weighted by molar-refractivity contribution is 0.101. The van der Waals surface area contributed by atoms with Crippen LogP contribution in [0.3, 0.4) is 0 Å². The van der Waals surface area contributed by atoms with Gasteiger partial charge in [0.1, 0.15) is 5.82 Å². The molecular formula is C30H36N2O3SSi. The first-order valence-electron chi connectivity index (χ1n) is 12.7. The zero-order valence-corrected chi connectivity index (χ0v) is 24.9. The van der Waals surface area contributed by atoms with Crippen molar-refractivity contribution in [1.29, 1.82) is 0 Å². The molecule has 4 aromatic rings. The summed E-state index contributed by atoms with van der Waals surface area (Å²) >= 11 is 1.38. The van der Waals surface area contributed by atoms with Crippen molar-refractivity contribution >= 4 is 58.2 Å². The molecule has 7 heteroatoms. The Labute approximate surface area is 224 Å². The maximum absolute atomic E-state index is 13.4. The lowest BCUT2D eigenvalue weighted by Crippen LogP contribution is -2.40.